The zero-order valence-corrected chi connectivity index (χ0v) is 24.0. The molecule has 8 nitrogen and oxygen atoms in total. The number of phenolic OH excluding ortho intramolecular Hbond substituents is 1. The van der Waals surface area contributed by atoms with Crippen molar-refractivity contribution in [2.45, 2.75) is 29.9 Å². The molecule has 3 rings (SSSR count). The highest BCUT2D eigenvalue weighted by Crippen LogP contribution is 2.34. The third-order valence-corrected chi connectivity index (χ3v) is 7.03. The molecule has 0 aromatic heterocycles. The number of carbonyl (C=O) groups excluding carboxylic acids is 2. The van der Waals surface area contributed by atoms with Crippen LogP contribution in [0.15, 0.2) is 83.8 Å². The minimum Gasteiger partial charge on any atom is -0.508 e. The Morgan fingerprint density at radius 1 is 1.11 bits per heavy atom. The number of amides is 2. The van der Waals surface area contributed by atoms with E-state index >= 15 is 0 Å². The van der Waals surface area contributed by atoms with E-state index in [1.807, 2.05) is 18.4 Å². The summed E-state index contributed by atoms with van der Waals surface area (Å²) >= 11 is 3.73. The average molecular weight is 648 g/mol. The number of methoxy groups -OCH3 is 1. The van der Waals surface area contributed by atoms with Gasteiger partial charge in [0.1, 0.15) is 5.75 Å². The van der Waals surface area contributed by atoms with Gasteiger partial charge in [0.15, 0.2) is 6.10 Å². The summed E-state index contributed by atoms with van der Waals surface area (Å²) in [6.45, 7) is 0. The van der Waals surface area contributed by atoms with Crippen molar-refractivity contribution in [1.82, 2.24) is 0 Å². The summed E-state index contributed by atoms with van der Waals surface area (Å²) in [6.07, 6.45) is 3.80. The van der Waals surface area contributed by atoms with Crippen molar-refractivity contribution in [2.75, 3.05) is 29.7 Å². The maximum atomic E-state index is 12.8. The number of thioether (sulfide) groups is 1. The van der Waals surface area contributed by atoms with Crippen LogP contribution in [0.3, 0.4) is 0 Å². The first kappa shape index (κ1) is 29.3. The number of hydrogen-bond acceptors (Lipinski definition) is 7. The van der Waals surface area contributed by atoms with Crippen molar-refractivity contribution in [1.29, 1.82) is 0 Å². The Morgan fingerprint density at radius 2 is 1.84 bits per heavy atom. The topological polar surface area (TPSA) is 123 Å². The van der Waals surface area contributed by atoms with E-state index in [1.54, 1.807) is 72.4 Å². The number of phenols is 1. The molecule has 0 heterocycles. The van der Waals surface area contributed by atoms with E-state index in [1.165, 1.54) is 13.2 Å². The summed E-state index contributed by atoms with van der Waals surface area (Å²) in [5, 5.41) is 16.0. The van der Waals surface area contributed by atoms with Gasteiger partial charge in [-0.05, 0) is 102 Å². The smallest absolute Gasteiger partial charge is 0.412 e. The number of anilines is 3. The van der Waals surface area contributed by atoms with Crippen LogP contribution in [0.2, 0.25) is 0 Å². The fraction of sp³-hybridized carbons (Fsp3) is 0.214. The standard InChI is InChI=1S/C28H30IN3O5S/c1-36-25(9-5-6-10-26(34)32-23-8-4-3-7-22(23)30)27(21-17-18(29)11-16-24(21)33)37-28(35)31-19-12-14-20(38-2)15-13-19/h3-4,6-8,10-17,25,27,33H,5,9,30H2,1-2H3,(H,31,35)(H,32,34)/b10-6+/t25-,27-/m1/s1. The molecule has 0 aliphatic heterocycles. The van der Waals surface area contributed by atoms with Gasteiger partial charge in [0.2, 0.25) is 5.91 Å². The van der Waals surface area contributed by atoms with Crippen LogP contribution in [-0.4, -0.2) is 36.6 Å². The van der Waals surface area contributed by atoms with Gasteiger partial charge in [0.05, 0.1) is 17.5 Å². The van der Waals surface area contributed by atoms with Crippen LogP contribution < -0.4 is 16.4 Å². The Labute approximate surface area is 240 Å². The number of benzene rings is 3. The number of hydrogen-bond donors (Lipinski definition) is 4. The SMILES string of the molecule is CO[C@H](CC/C=C/C(=O)Nc1ccccc1N)[C@H](OC(=O)Nc1ccc(SC)cc1)c1cc(I)ccc1O. The van der Waals surface area contributed by atoms with Gasteiger partial charge >= 0.3 is 6.09 Å². The molecule has 2 atom stereocenters. The second-order valence-corrected chi connectivity index (χ2v) is 10.3. The summed E-state index contributed by atoms with van der Waals surface area (Å²) < 4.78 is 12.3. The Bertz CT molecular complexity index is 1270. The number of aromatic hydroxyl groups is 1. The van der Waals surface area contributed by atoms with Crippen molar-refractivity contribution in [2.24, 2.45) is 0 Å². The molecule has 0 unspecified atom stereocenters. The van der Waals surface area contributed by atoms with Gasteiger partial charge in [-0.25, -0.2) is 4.79 Å². The number of nitrogen functional groups attached to an aromatic ring is 1. The lowest BCUT2D eigenvalue weighted by Crippen LogP contribution is -2.28. The number of halogens is 1. The summed E-state index contributed by atoms with van der Waals surface area (Å²) in [6, 6.07) is 19.4. The zero-order valence-electron chi connectivity index (χ0n) is 21.0. The van der Waals surface area contributed by atoms with Crippen LogP contribution in [-0.2, 0) is 14.3 Å². The number of rotatable bonds is 11. The van der Waals surface area contributed by atoms with Crippen LogP contribution in [0.1, 0.15) is 24.5 Å². The molecule has 3 aromatic carbocycles. The Kier molecular flexibility index (Phi) is 11.3. The Morgan fingerprint density at radius 3 is 2.53 bits per heavy atom. The predicted molar refractivity (Wildman–Crippen MR) is 161 cm³/mol. The Hall–Kier alpha value is -3.22. The summed E-state index contributed by atoms with van der Waals surface area (Å²) in [7, 11) is 1.51. The van der Waals surface area contributed by atoms with Crippen molar-refractivity contribution in [3.8, 4) is 5.75 Å². The third kappa shape index (κ3) is 8.67. The second kappa shape index (κ2) is 14.6. The molecule has 0 fully saturated rings. The number of nitrogens with one attached hydrogen (secondary N) is 2. The van der Waals surface area contributed by atoms with Crippen LogP contribution in [0.5, 0.6) is 5.75 Å². The second-order valence-electron chi connectivity index (χ2n) is 8.21. The third-order valence-electron chi connectivity index (χ3n) is 5.61. The molecule has 38 heavy (non-hydrogen) atoms. The van der Waals surface area contributed by atoms with Crippen LogP contribution in [0.25, 0.3) is 0 Å². The molecule has 0 saturated carbocycles. The fourth-order valence-electron chi connectivity index (χ4n) is 3.66. The van der Waals surface area contributed by atoms with Gasteiger partial charge in [-0.1, -0.05) is 18.2 Å². The normalized spacial score (nSPS) is 12.6. The minimum atomic E-state index is -0.897. The van der Waals surface area contributed by atoms with Crippen molar-refractivity contribution >= 4 is 63.4 Å². The van der Waals surface area contributed by atoms with Crippen LogP contribution in [0.4, 0.5) is 21.9 Å². The number of allylic oxidation sites excluding steroid dienone is 1. The number of para-hydroxylation sites is 2. The maximum Gasteiger partial charge on any atom is 0.412 e. The molecule has 200 valence electrons. The van der Waals surface area contributed by atoms with E-state index in [4.69, 9.17) is 15.2 Å². The molecule has 0 radical (unpaired) electrons. The van der Waals surface area contributed by atoms with E-state index in [-0.39, 0.29) is 11.7 Å². The van der Waals surface area contributed by atoms with Gasteiger partial charge in [-0.15, -0.1) is 11.8 Å². The summed E-state index contributed by atoms with van der Waals surface area (Å²) in [4.78, 5) is 26.2. The van der Waals surface area contributed by atoms with Crippen molar-refractivity contribution in [3.63, 3.8) is 0 Å². The molecule has 0 aliphatic carbocycles. The van der Waals surface area contributed by atoms with E-state index < -0.39 is 18.3 Å². The molecule has 10 heteroatoms. The van der Waals surface area contributed by atoms with Gasteiger partial charge < -0.3 is 25.6 Å². The van der Waals surface area contributed by atoms with E-state index in [2.05, 4.69) is 33.2 Å². The maximum absolute atomic E-state index is 12.8. The molecule has 3 aromatic rings. The molecular weight excluding hydrogens is 617 g/mol. The predicted octanol–water partition coefficient (Wildman–Crippen LogP) is 6.58. The van der Waals surface area contributed by atoms with E-state index in [0.717, 1.165) is 8.47 Å². The molecule has 5 N–H and O–H groups in total. The highest BCUT2D eigenvalue weighted by atomic mass is 127. The quantitative estimate of drug-likeness (QED) is 0.0803. The van der Waals surface area contributed by atoms with E-state index in [0.29, 0.717) is 35.5 Å². The molecule has 0 aliphatic rings. The van der Waals surface area contributed by atoms with E-state index in [9.17, 15) is 14.7 Å². The monoisotopic (exact) mass is 647 g/mol. The fourth-order valence-corrected chi connectivity index (χ4v) is 4.58. The van der Waals surface area contributed by atoms with Crippen LogP contribution in [0, 0.1) is 3.57 Å². The van der Waals surface area contributed by atoms with Gasteiger partial charge in [-0.3, -0.25) is 10.1 Å². The first-order valence-electron chi connectivity index (χ1n) is 11.8. The van der Waals surface area contributed by atoms with Gasteiger partial charge in [-0.2, -0.15) is 0 Å². The van der Waals surface area contributed by atoms with Gasteiger partial charge in [0.25, 0.3) is 0 Å². The van der Waals surface area contributed by atoms with Crippen molar-refractivity contribution in [3.05, 3.63) is 88.0 Å². The van der Waals surface area contributed by atoms with Crippen LogP contribution >= 0.6 is 34.4 Å². The molecule has 0 bridgehead atoms. The minimum absolute atomic E-state index is 0.00930. The molecule has 0 spiro atoms. The number of carbonyl (C=O) groups is 2. The Balaban J connectivity index is 1.69. The number of ether oxygens (including phenoxy) is 2. The largest absolute Gasteiger partial charge is 0.508 e. The van der Waals surface area contributed by atoms with Crippen molar-refractivity contribution < 1.29 is 24.2 Å². The lowest BCUT2D eigenvalue weighted by atomic mass is 9.99. The number of nitrogens with two attached hydrogens (primary N) is 1. The average Bonchev–Trinajstić information content (AvgIpc) is 2.91. The molecule has 2 amide bonds. The molecule has 0 saturated heterocycles. The lowest BCUT2D eigenvalue weighted by molar-refractivity contribution is -0.111. The first-order chi connectivity index (χ1) is 18.3. The first-order valence-corrected chi connectivity index (χ1v) is 14.1. The summed E-state index contributed by atoms with van der Waals surface area (Å²) in [5.41, 5.74) is 7.89. The summed E-state index contributed by atoms with van der Waals surface area (Å²) in [5.74, 6) is -0.322. The highest BCUT2D eigenvalue weighted by Gasteiger charge is 2.29. The molecular formula is C28H30IN3O5S. The highest BCUT2D eigenvalue weighted by molar-refractivity contribution is 14.1. The zero-order chi connectivity index (χ0) is 27.5. The van der Waals surface area contributed by atoms with Gasteiger partial charge in [0, 0.05) is 26.8 Å². The lowest BCUT2D eigenvalue weighted by Gasteiger charge is -2.27.